The first-order valence-corrected chi connectivity index (χ1v) is 11.4. The van der Waals surface area contributed by atoms with Crippen LogP contribution in [0.2, 0.25) is 0 Å². The van der Waals surface area contributed by atoms with Gasteiger partial charge in [0.05, 0.1) is 0 Å². The Hall–Kier alpha value is -4.62. The van der Waals surface area contributed by atoms with Crippen molar-refractivity contribution in [2.24, 2.45) is 0 Å². The fourth-order valence-corrected chi connectivity index (χ4v) is 4.46. The molecule has 2 aliphatic carbocycles. The lowest BCUT2D eigenvalue weighted by molar-refractivity contribution is 1.19. The SMILES string of the molecule is CC#Cc1c2c(c(C#CC)c3c1CC(C#Cc1ccccc1)=C3)CC(C#Cc1ccccc1)=C2. The molecule has 0 saturated carbocycles. The first-order chi connectivity index (χ1) is 16.8. The van der Waals surface area contributed by atoms with E-state index in [9.17, 15) is 0 Å². The van der Waals surface area contributed by atoms with Crippen LogP contribution in [0.5, 0.6) is 0 Å². The molecule has 0 heteroatoms. The van der Waals surface area contributed by atoms with Gasteiger partial charge in [-0.25, -0.2) is 0 Å². The number of allylic oxidation sites excluding steroid dienone is 2. The van der Waals surface area contributed by atoms with Crippen molar-refractivity contribution >= 4 is 12.2 Å². The van der Waals surface area contributed by atoms with Crippen LogP contribution in [0.25, 0.3) is 12.2 Å². The molecule has 0 N–H and O–H groups in total. The van der Waals surface area contributed by atoms with Crippen molar-refractivity contribution in [1.29, 1.82) is 0 Å². The summed E-state index contributed by atoms with van der Waals surface area (Å²) >= 11 is 0. The predicted molar refractivity (Wildman–Crippen MR) is 142 cm³/mol. The molecule has 0 aliphatic heterocycles. The molecule has 0 aromatic heterocycles. The molecular formula is C34H22. The van der Waals surface area contributed by atoms with Gasteiger partial charge < -0.3 is 0 Å². The summed E-state index contributed by atoms with van der Waals surface area (Å²) in [4.78, 5) is 0. The van der Waals surface area contributed by atoms with Gasteiger partial charge in [0.25, 0.3) is 0 Å². The first-order valence-electron chi connectivity index (χ1n) is 11.4. The van der Waals surface area contributed by atoms with Gasteiger partial charge in [-0.15, -0.1) is 11.8 Å². The van der Waals surface area contributed by atoms with Gasteiger partial charge in [0.1, 0.15) is 0 Å². The van der Waals surface area contributed by atoms with Crippen molar-refractivity contribution in [2.75, 3.05) is 0 Å². The molecule has 0 heterocycles. The average Bonchev–Trinajstić information content (AvgIpc) is 3.49. The van der Waals surface area contributed by atoms with Crippen LogP contribution in [0.1, 0.15) is 58.4 Å². The highest BCUT2D eigenvalue weighted by Crippen LogP contribution is 2.40. The molecule has 0 radical (unpaired) electrons. The van der Waals surface area contributed by atoms with E-state index in [0.717, 1.165) is 46.2 Å². The third kappa shape index (κ3) is 4.20. The third-order valence-corrected chi connectivity index (χ3v) is 5.95. The molecule has 3 aromatic rings. The van der Waals surface area contributed by atoms with Crippen LogP contribution in [-0.2, 0) is 12.8 Å². The van der Waals surface area contributed by atoms with E-state index in [1.165, 1.54) is 22.3 Å². The van der Waals surface area contributed by atoms with Crippen molar-refractivity contribution in [3.63, 3.8) is 0 Å². The van der Waals surface area contributed by atoms with Crippen molar-refractivity contribution in [2.45, 2.75) is 26.7 Å². The van der Waals surface area contributed by atoms with Crippen LogP contribution in [-0.4, -0.2) is 0 Å². The Morgan fingerprint density at radius 3 is 1.29 bits per heavy atom. The van der Waals surface area contributed by atoms with Crippen LogP contribution >= 0.6 is 0 Å². The summed E-state index contributed by atoms with van der Waals surface area (Å²) in [6.45, 7) is 3.79. The van der Waals surface area contributed by atoms with Crippen molar-refractivity contribution in [1.82, 2.24) is 0 Å². The molecule has 0 atom stereocenters. The summed E-state index contributed by atoms with van der Waals surface area (Å²) in [6, 6.07) is 20.2. The number of hydrogen-bond acceptors (Lipinski definition) is 0. The Morgan fingerprint density at radius 2 is 0.912 bits per heavy atom. The molecule has 2 aliphatic rings. The minimum Gasteiger partial charge on any atom is -0.101 e. The molecule has 34 heavy (non-hydrogen) atoms. The smallest absolute Gasteiger partial charge is 0.0363 e. The van der Waals surface area contributed by atoms with Crippen LogP contribution in [0.3, 0.4) is 0 Å². The lowest BCUT2D eigenvalue weighted by atomic mass is 9.88. The molecular weight excluding hydrogens is 408 g/mol. The standard InChI is InChI=1S/C34H22/c1-3-11-29-31-21-27(19-17-25-13-7-5-8-14-25)23-33(31)30(12-4-2)34-24-28(22-32(29)34)20-18-26-15-9-6-10-16-26/h5-10,13-16,21,24H,22-23H2,1-2H3. The summed E-state index contributed by atoms with van der Waals surface area (Å²) in [5, 5.41) is 0. The van der Waals surface area contributed by atoms with Crippen LogP contribution in [0.15, 0.2) is 71.8 Å². The van der Waals surface area contributed by atoms with E-state index in [0.29, 0.717) is 0 Å². The second-order valence-electron chi connectivity index (χ2n) is 8.21. The second-order valence-corrected chi connectivity index (χ2v) is 8.21. The van der Waals surface area contributed by atoms with Gasteiger partial charge in [-0.3, -0.25) is 0 Å². The topological polar surface area (TPSA) is 0 Å². The van der Waals surface area contributed by atoms with E-state index >= 15 is 0 Å². The van der Waals surface area contributed by atoms with Crippen LogP contribution in [0.4, 0.5) is 0 Å². The largest absolute Gasteiger partial charge is 0.101 e. The number of benzene rings is 3. The summed E-state index contributed by atoms with van der Waals surface area (Å²) < 4.78 is 0. The number of rotatable bonds is 0. The minimum absolute atomic E-state index is 0.781. The van der Waals surface area contributed by atoms with Crippen molar-refractivity contribution in [3.05, 3.63) is 116 Å². The highest BCUT2D eigenvalue weighted by Gasteiger charge is 2.27. The molecule has 3 aromatic carbocycles. The van der Waals surface area contributed by atoms with Gasteiger partial charge >= 0.3 is 0 Å². The number of fused-ring (bicyclic) bond motifs is 2. The Bertz CT molecular complexity index is 1470. The molecule has 0 unspecified atom stereocenters. The maximum absolute atomic E-state index is 3.39. The van der Waals surface area contributed by atoms with E-state index in [1.807, 2.05) is 74.5 Å². The van der Waals surface area contributed by atoms with E-state index in [1.54, 1.807) is 0 Å². The molecule has 0 saturated heterocycles. The van der Waals surface area contributed by atoms with E-state index < -0.39 is 0 Å². The van der Waals surface area contributed by atoms with E-state index in [4.69, 9.17) is 0 Å². The lowest BCUT2D eigenvalue weighted by Crippen LogP contribution is -2.02. The zero-order valence-corrected chi connectivity index (χ0v) is 19.3. The Morgan fingerprint density at radius 1 is 0.500 bits per heavy atom. The molecule has 158 valence electrons. The summed E-state index contributed by atoms with van der Waals surface area (Å²) in [6.07, 6.45) is 5.98. The van der Waals surface area contributed by atoms with E-state index in [-0.39, 0.29) is 0 Å². The van der Waals surface area contributed by atoms with Gasteiger partial charge in [0.15, 0.2) is 0 Å². The molecule has 0 fully saturated rings. The molecule has 5 rings (SSSR count). The molecule has 0 amide bonds. The molecule has 0 nitrogen and oxygen atoms in total. The second kappa shape index (κ2) is 9.48. The minimum atomic E-state index is 0.781. The fraction of sp³-hybridized carbons (Fsp3) is 0.118. The zero-order valence-electron chi connectivity index (χ0n) is 19.3. The fourth-order valence-electron chi connectivity index (χ4n) is 4.46. The van der Waals surface area contributed by atoms with Gasteiger partial charge in [-0.1, -0.05) is 71.9 Å². The molecule has 0 spiro atoms. The van der Waals surface area contributed by atoms with Crippen molar-refractivity contribution in [3.8, 4) is 47.4 Å². The third-order valence-electron chi connectivity index (χ3n) is 5.95. The van der Waals surface area contributed by atoms with Crippen molar-refractivity contribution < 1.29 is 0 Å². The molecule has 0 bridgehead atoms. The summed E-state index contributed by atoms with van der Waals surface area (Å²) in [5.41, 5.74) is 11.3. The normalized spacial score (nSPS) is 12.2. The zero-order chi connectivity index (χ0) is 23.3. The summed E-state index contributed by atoms with van der Waals surface area (Å²) in [5.74, 6) is 26.4. The maximum Gasteiger partial charge on any atom is 0.0363 e. The quantitative estimate of drug-likeness (QED) is 0.362. The van der Waals surface area contributed by atoms with Gasteiger partial charge in [0, 0.05) is 46.2 Å². The summed E-state index contributed by atoms with van der Waals surface area (Å²) in [7, 11) is 0. The maximum atomic E-state index is 3.39. The van der Waals surface area contributed by atoms with E-state index in [2.05, 4.69) is 59.5 Å². The lowest BCUT2D eigenvalue weighted by Gasteiger charge is -2.13. The van der Waals surface area contributed by atoms with Gasteiger partial charge in [-0.2, -0.15) is 0 Å². The predicted octanol–water partition coefficient (Wildman–Crippen LogP) is 6.41. The first kappa shape index (κ1) is 21.2. The van der Waals surface area contributed by atoms with Gasteiger partial charge in [-0.05, 0) is 72.5 Å². The average molecular weight is 431 g/mol. The van der Waals surface area contributed by atoms with Crippen LogP contribution in [0, 0.1) is 47.4 Å². The van der Waals surface area contributed by atoms with Gasteiger partial charge in [0.2, 0.25) is 0 Å². The number of hydrogen-bond donors (Lipinski definition) is 0. The Labute approximate surface area is 202 Å². The Balaban J connectivity index is 1.58. The Kier molecular flexibility index (Phi) is 5.92. The highest BCUT2D eigenvalue weighted by atomic mass is 14.3. The van der Waals surface area contributed by atoms with Crippen LogP contribution < -0.4 is 0 Å². The monoisotopic (exact) mass is 430 g/mol. The highest BCUT2D eigenvalue weighted by molar-refractivity contribution is 5.85.